The molecular weight excluding hydrogens is 362 g/mol. The lowest BCUT2D eigenvalue weighted by atomic mass is 10.2. The van der Waals surface area contributed by atoms with Gasteiger partial charge in [-0.2, -0.15) is 4.31 Å². The number of anilines is 1. The molecule has 146 valence electrons. The zero-order chi connectivity index (χ0) is 19.2. The molecule has 0 N–H and O–H groups in total. The molecule has 0 bridgehead atoms. The maximum atomic E-state index is 12.7. The van der Waals surface area contributed by atoms with Gasteiger partial charge in [0.15, 0.2) is 0 Å². The number of nitro groups is 1. The van der Waals surface area contributed by atoms with Crippen LogP contribution in [-0.2, 0) is 19.5 Å². The molecule has 1 saturated heterocycles. The van der Waals surface area contributed by atoms with E-state index in [1.54, 1.807) is 19.1 Å². The number of ether oxygens (including phenoxy) is 2. The molecule has 1 aliphatic rings. The quantitative estimate of drug-likeness (QED) is 0.442. The Hall–Kier alpha value is -1.75. The van der Waals surface area contributed by atoms with Crippen LogP contribution in [-0.4, -0.2) is 71.3 Å². The zero-order valence-electron chi connectivity index (χ0n) is 15.1. The molecule has 1 aromatic rings. The molecule has 0 aliphatic carbocycles. The number of hydrogen-bond acceptors (Lipinski definition) is 7. The van der Waals surface area contributed by atoms with Gasteiger partial charge in [0.25, 0.3) is 5.69 Å². The molecular formula is C16H25N3O6S. The van der Waals surface area contributed by atoms with Crippen LogP contribution >= 0.6 is 0 Å². The van der Waals surface area contributed by atoms with Crippen LogP contribution in [0.2, 0.25) is 0 Å². The third-order valence-electron chi connectivity index (χ3n) is 4.32. The second kappa shape index (κ2) is 9.26. The SMILES string of the molecule is COCCN(CCOC)c1ccc(S(=O)(=O)N2CCCC2)cc1[N+](=O)[O-]. The summed E-state index contributed by atoms with van der Waals surface area (Å²) >= 11 is 0. The summed E-state index contributed by atoms with van der Waals surface area (Å²) in [4.78, 5) is 12.7. The van der Waals surface area contributed by atoms with Crippen molar-refractivity contribution in [3.63, 3.8) is 0 Å². The predicted octanol–water partition coefficient (Wildman–Crippen LogP) is 1.48. The lowest BCUT2D eigenvalue weighted by Gasteiger charge is -2.24. The first-order valence-electron chi connectivity index (χ1n) is 8.43. The van der Waals surface area contributed by atoms with E-state index >= 15 is 0 Å². The predicted molar refractivity (Wildman–Crippen MR) is 97.1 cm³/mol. The fourth-order valence-electron chi connectivity index (χ4n) is 2.91. The molecule has 1 fully saturated rings. The van der Waals surface area contributed by atoms with Crippen molar-refractivity contribution < 1.29 is 22.8 Å². The Morgan fingerprint density at radius 1 is 1.15 bits per heavy atom. The lowest BCUT2D eigenvalue weighted by molar-refractivity contribution is -0.384. The van der Waals surface area contributed by atoms with E-state index < -0.39 is 14.9 Å². The Morgan fingerprint density at radius 2 is 1.73 bits per heavy atom. The molecule has 9 nitrogen and oxygen atoms in total. The first-order chi connectivity index (χ1) is 12.4. The van der Waals surface area contributed by atoms with Gasteiger partial charge in [-0.3, -0.25) is 10.1 Å². The van der Waals surface area contributed by atoms with Crippen LogP contribution in [0, 0.1) is 10.1 Å². The molecule has 0 amide bonds. The Kier molecular flexibility index (Phi) is 7.33. The number of nitrogens with zero attached hydrogens (tertiary/aromatic N) is 3. The van der Waals surface area contributed by atoms with Gasteiger partial charge in [0, 0.05) is 46.5 Å². The van der Waals surface area contributed by atoms with Crippen LogP contribution in [0.1, 0.15) is 12.8 Å². The van der Waals surface area contributed by atoms with E-state index in [2.05, 4.69) is 0 Å². The monoisotopic (exact) mass is 387 g/mol. The van der Waals surface area contributed by atoms with Gasteiger partial charge < -0.3 is 14.4 Å². The molecule has 0 atom stereocenters. The fraction of sp³-hybridized carbons (Fsp3) is 0.625. The highest BCUT2D eigenvalue weighted by atomic mass is 32.2. The van der Waals surface area contributed by atoms with Gasteiger partial charge >= 0.3 is 0 Å². The van der Waals surface area contributed by atoms with E-state index in [0.29, 0.717) is 45.1 Å². The second-order valence-electron chi connectivity index (χ2n) is 5.99. The van der Waals surface area contributed by atoms with Gasteiger partial charge in [0.2, 0.25) is 10.0 Å². The Bertz CT molecular complexity index is 711. The van der Waals surface area contributed by atoms with Crippen LogP contribution < -0.4 is 4.90 Å². The summed E-state index contributed by atoms with van der Waals surface area (Å²) in [7, 11) is -0.610. The molecule has 2 rings (SSSR count). The minimum Gasteiger partial charge on any atom is -0.383 e. The third-order valence-corrected chi connectivity index (χ3v) is 6.21. The normalized spacial score (nSPS) is 15.3. The highest BCUT2D eigenvalue weighted by molar-refractivity contribution is 7.89. The molecule has 0 spiro atoms. The van der Waals surface area contributed by atoms with Gasteiger partial charge in [-0.15, -0.1) is 0 Å². The highest BCUT2D eigenvalue weighted by Crippen LogP contribution is 2.32. The standard InChI is InChI=1S/C16H25N3O6S/c1-24-11-9-17(10-12-25-2)15-6-5-14(13-16(15)19(20)21)26(22,23)18-7-3-4-8-18/h5-6,13H,3-4,7-12H2,1-2H3. The number of sulfonamides is 1. The molecule has 0 unspecified atom stereocenters. The van der Waals surface area contributed by atoms with E-state index in [9.17, 15) is 18.5 Å². The van der Waals surface area contributed by atoms with E-state index in [4.69, 9.17) is 9.47 Å². The number of hydrogen-bond donors (Lipinski definition) is 0. The Balaban J connectivity index is 2.39. The molecule has 1 aromatic carbocycles. The van der Waals surface area contributed by atoms with Crippen LogP contribution in [0.25, 0.3) is 0 Å². The summed E-state index contributed by atoms with van der Waals surface area (Å²) in [6.45, 7) is 2.53. The largest absolute Gasteiger partial charge is 0.383 e. The number of methoxy groups -OCH3 is 2. The molecule has 1 heterocycles. The number of rotatable bonds is 10. The fourth-order valence-corrected chi connectivity index (χ4v) is 4.45. The van der Waals surface area contributed by atoms with Crippen LogP contribution in [0.3, 0.4) is 0 Å². The van der Waals surface area contributed by atoms with E-state index in [1.165, 1.54) is 16.4 Å². The van der Waals surface area contributed by atoms with E-state index in [1.807, 2.05) is 0 Å². The van der Waals surface area contributed by atoms with Crippen molar-refractivity contribution in [3.8, 4) is 0 Å². The van der Waals surface area contributed by atoms with Crippen molar-refractivity contribution >= 4 is 21.4 Å². The van der Waals surface area contributed by atoms with Crippen molar-refractivity contribution in [2.45, 2.75) is 17.7 Å². The van der Waals surface area contributed by atoms with Crippen molar-refractivity contribution in [2.24, 2.45) is 0 Å². The lowest BCUT2D eigenvalue weighted by Crippen LogP contribution is -2.31. The maximum Gasteiger partial charge on any atom is 0.293 e. The number of benzene rings is 1. The van der Waals surface area contributed by atoms with Crippen molar-refractivity contribution in [2.75, 3.05) is 58.5 Å². The maximum absolute atomic E-state index is 12.7. The molecule has 0 aromatic heterocycles. The van der Waals surface area contributed by atoms with Gasteiger partial charge in [-0.25, -0.2) is 8.42 Å². The Morgan fingerprint density at radius 3 is 2.23 bits per heavy atom. The molecule has 10 heteroatoms. The van der Waals surface area contributed by atoms with Crippen molar-refractivity contribution in [3.05, 3.63) is 28.3 Å². The van der Waals surface area contributed by atoms with Gasteiger partial charge in [-0.1, -0.05) is 0 Å². The zero-order valence-corrected chi connectivity index (χ0v) is 15.9. The average molecular weight is 387 g/mol. The molecule has 26 heavy (non-hydrogen) atoms. The van der Waals surface area contributed by atoms with Crippen molar-refractivity contribution in [1.82, 2.24) is 4.31 Å². The summed E-state index contributed by atoms with van der Waals surface area (Å²) in [5.74, 6) is 0. The summed E-state index contributed by atoms with van der Waals surface area (Å²) < 4.78 is 36.9. The molecule has 0 radical (unpaired) electrons. The Labute approximate surface area is 153 Å². The summed E-state index contributed by atoms with van der Waals surface area (Å²) in [6.07, 6.45) is 1.61. The minimum absolute atomic E-state index is 0.0479. The smallest absolute Gasteiger partial charge is 0.293 e. The molecule has 1 aliphatic heterocycles. The van der Waals surface area contributed by atoms with E-state index in [0.717, 1.165) is 18.9 Å². The van der Waals surface area contributed by atoms with Crippen LogP contribution in [0.15, 0.2) is 23.1 Å². The summed E-state index contributed by atoms with van der Waals surface area (Å²) in [5, 5.41) is 11.6. The second-order valence-corrected chi connectivity index (χ2v) is 7.93. The average Bonchev–Trinajstić information content (AvgIpc) is 3.17. The minimum atomic E-state index is -3.71. The van der Waals surface area contributed by atoms with Crippen LogP contribution in [0.4, 0.5) is 11.4 Å². The van der Waals surface area contributed by atoms with Gasteiger partial charge in [0.1, 0.15) is 5.69 Å². The highest BCUT2D eigenvalue weighted by Gasteiger charge is 2.30. The summed E-state index contributed by atoms with van der Waals surface area (Å²) in [6, 6.07) is 4.07. The van der Waals surface area contributed by atoms with Crippen LogP contribution in [0.5, 0.6) is 0 Å². The number of nitro benzene ring substituents is 1. The van der Waals surface area contributed by atoms with E-state index in [-0.39, 0.29) is 10.6 Å². The van der Waals surface area contributed by atoms with Gasteiger partial charge in [-0.05, 0) is 25.0 Å². The first-order valence-corrected chi connectivity index (χ1v) is 9.87. The topological polar surface area (TPSA) is 102 Å². The first kappa shape index (κ1) is 20.6. The summed E-state index contributed by atoms with van der Waals surface area (Å²) in [5.41, 5.74) is 0.113. The molecule has 0 saturated carbocycles. The van der Waals surface area contributed by atoms with Gasteiger partial charge in [0.05, 0.1) is 23.0 Å². The third kappa shape index (κ3) is 4.70. The van der Waals surface area contributed by atoms with Crippen molar-refractivity contribution in [1.29, 1.82) is 0 Å².